The molecule has 27 heavy (non-hydrogen) atoms. The van der Waals surface area contributed by atoms with Gasteiger partial charge in [0.15, 0.2) is 0 Å². The van der Waals surface area contributed by atoms with Gasteiger partial charge in [-0.3, -0.25) is 4.79 Å². The number of aromatic nitrogens is 2. The fraction of sp³-hybridized carbons (Fsp3) is 0.0952. The average Bonchev–Trinajstić information content (AvgIpc) is 3.05. The summed E-state index contributed by atoms with van der Waals surface area (Å²) in [5.41, 5.74) is 10.0. The summed E-state index contributed by atoms with van der Waals surface area (Å²) >= 11 is 0. The second-order valence-corrected chi connectivity index (χ2v) is 6.50. The molecule has 0 unspecified atom stereocenters. The fourth-order valence-corrected chi connectivity index (χ4v) is 3.73. The highest BCUT2D eigenvalue weighted by molar-refractivity contribution is 6.12. The molecule has 6 heteroatoms. The first kappa shape index (κ1) is 16.4. The Balaban J connectivity index is 2.25. The van der Waals surface area contributed by atoms with Gasteiger partial charge in [-0.15, -0.1) is 0 Å². The molecular weight excluding hydrogens is 338 g/mol. The second-order valence-electron chi connectivity index (χ2n) is 6.50. The Morgan fingerprint density at radius 1 is 1.04 bits per heavy atom. The van der Waals surface area contributed by atoms with Gasteiger partial charge in [-0.1, -0.05) is 18.2 Å². The molecule has 0 atom stereocenters. The molecule has 0 aliphatic rings. The molecule has 2 aromatic carbocycles. The minimum atomic E-state index is -0.597. The van der Waals surface area contributed by atoms with Crippen LogP contribution in [0, 0.1) is 36.5 Å². The van der Waals surface area contributed by atoms with E-state index in [9.17, 15) is 15.3 Å². The number of pyridine rings is 1. The number of rotatable bonds is 1. The van der Waals surface area contributed by atoms with Crippen molar-refractivity contribution in [1.82, 2.24) is 9.97 Å². The monoisotopic (exact) mass is 353 g/mol. The van der Waals surface area contributed by atoms with Crippen molar-refractivity contribution >= 4 is 27.6 Å². The number of nitriles is 2. The molecule has 0 aliphatic heterocycles. The van der Waals surface area contributed by atoms with Crippen LogP contribution in [0.3, 0.4) is 0 Å². The highest BCUT2D eigenvalue weighted by Gasteiger charge is 2.22. The molecule has 0 spiro atoms. The van der Waals surface area contributed by atoms with E-state index in [1.807, 2.05) is 56.3 Å². The van der Waals surface area contributed by atoms with Crippen molar-refractivity contribution < 1.29 is 0 Å². The second kappa shape index (κ2) is 5.76. The van der Waals surface area contributed by atoms with Crippen molar-refractivity contribution in [2.24, 2.45) is 0 Å². The summed E-state index contributed by atoms with van der Waals surface area (Å²) in [6.45, 7) is 3.88. The predicted octanol–water partition coefficient (Wildman–Crippen LogP) is 3.62. The Morgan fingerprint density at radius 2 is 1.74 bits per heavy atom. The molecule has 4 N–H and O–H groups in total. The molecule has 0 bridgehead atoms. The van der Waals surface area contributed by atoms with Crippen LogP contribution < -0.4 is 11.3 Å². The van der Waals surface area contributed by atoms with E-state index in [1.165, 1.54) is 0 Å². The lowest BCUT2D eigenvalue weighted by Crippen LogP contribution is -2.16. The third-order valence-electron chi connectivity index (χ3n) is 4.98. The van der Waals surface area contributed by atoms with Gasteiger partial charge in [-0.2, -0.15) is 10.5 Å². The summed E-state index contributed by atoms with van der Waals surface area (Å²) in [4.78, 5) is 18.1. The summed E-state index contributed by atoms with van der Waals surface area (Å²) in [6.07, 6.45) is 0. The number of aromatic amines is 2. The van der Waals surface area contributed by atoms with Gasteiger partial charge in [0.25, 0.3) is 5.56 Å². The molecule has 2 aromatic heterocycles. The number of nitrogens with one attached hydrogen (secondary N) is 2. The summed E-state index contributed by atoms with van der Waals surface area (Å²) in [5.74, 6) is -0.0347. The zero-order valence-electron chi connectivity index (χ0n) is 14.8. The maximum Gasteiger partial charge on any atom is 0.268 e. The number of nitrogens with zero attached hydrogens (tertiary/aromatic N) is 2. The maximum atomic E-state index is 12.3. The number of hydrogen-bond donors (Lipinski definition) is 3. The normalized spacial score (nSPS) is 10.8. The van der Waals surface area contributed by atoms with Crippen LogP contribution in [0.25, 0.3) is 32.9 Å². The van der Waals surface area contributed by atoms with E-state index in [1.54, 1.807) is 0 Å². The summed E-state index contributed by atoms with van der Waals surface area (Å²) in [7, 11) is 0. The van der Waals surface area contributed by atoms with Gasteiger partial charge in [-0.25, -0.2) is 0 Å². The van der Waals surface area contributed by atoms with Gasteiger partial charge < -0.3 is 15.7 Å². The van der Waals surface area contributed by atoms with Crippen molar-refractivity contribution in [1.29, 1.82) is 10.5 Å². The first-order valence-electron chi connectivity index (χ1n) is 8.34. The molecule has 0 radical (unpaired) electrons. The molecule has 4 aromatic rings. The Labute approximate surface area is 154 Å². The van der Waals surface area contributed by atoms with E-state index in [0.717, 1.165) is 32.9 Å². The first-order valence-corrected chi connectivity index (χ1v) is 8.34. The van der Waals surface area contributed by atoms with Crippen molar-refractivity contribution in [2.45, 2.75) is 13.8 Å². The standard InChI is InChI=1S/C21H15N5O/c1-10-7-13(18-14(8-22)20(24)26-21(27)15(18)9-23)11(2)17-12-5-3-4-6-16(12)25-19(10)17/h3-7,25H,1-2H3,(H3,24,26,27). The predicted molar refractivity (Wildman–Crippen MR) is 105 cm³/mol. The van der Waals surface area contributed by atoms with Crippen LogP contribution in [0.15, 0.2) is 35.1 Å². The number of para-hydroxylation sites is 1. The Morgan fingerprint density at radius 3 is 2.44 bits per heavy atom. The molecular formula is C21H15N5O. The van der Waals surface area contributed by atoms with E-state index in [2.05, 4.69) is 9.97 Å². The third-order valence-corrected chi connectivity index (χ3v) is 4.98. The largest absolute Gasteiger partial charge is 0.384 e. The van der Waals surface area contributed by atoms with Crippen LogP contribution in [0.5, 0.6) is 0 Å². The minimum Gasteiger partial charge on any atom is -0.384 e. The van der Waals surface area contributed by atoms with Crippen LogP contribution in [0.4, 0.5) is 5.82 Å². The molecule has 0 saturated carbocycles. The highest BCUT2D eigenvalue weighted by atomic mass is 16.1. The lowest BCUT2D eigenvalue weighted by Gasteiger charge is -2.14. The van der Waals surface area contributed by atoms with E-state index < -0.39 is 5.56 Å². The number of nitrogen functional groups attached to an aromatic ring is 1. The van der Waals surface area contributed by atoms with E-state index in [0.29, 0.717) is 5.56 Å². The number of nitrogens with two attached hydrogens (primary N) is 1. The maximum absolute atomic E-state index is 12.3. The number of H-pyrrole nitrogens is 2. The van der Waals surface area contributed by atoms with Crippen molar-refractivity contribution in [3.63, 3.8) is 0 Å². The average molecular weight is 353 g/mol. The lowest BCUT2D eigenvalue weighted by atomic mass is 9.89. The number of benzene rings is 2. The molecule has 2 heterocycles. The summed E-state index contributed by atoms with van der Waals surface area (Å²) in [5, 5.41) is 21.2. The topological polar surface area (TPSA) is 122 Å². The number of hydrogen-bond acceptors (Lipinski definition) is 4. The smallest absolute Gasteiger partial charge is 0.268 e. The summed E-state index contributed by atoms with van der Waals surface area (Å²) in [6, 6.07) is 13.8. The van der Waals surface area contributed by atoms with Crippen LogP contribution in [-0.2, 0) is 0 Å². The third kappa shape index (κ3) is 2.21. The number of fused-ring (bicyclic) bond motifs is 3. The minimum absolute atomic E-state index is 0.0347. The zero-order chi connectivity index (χ0) is 19.3. The Kier molecular flexibility index (Phi) is 3.50. The first-order chi connectivity index (χ1) is 13.0. The number of aryl methyl sites for hydroxylation is 2. The van der Waals surface area contributed by atoms with Gasteiger partial charge in [0.2, 0.25) is 0 Å². The van der Waals surface area contributed by atoms with Gasteiger partial charge in [-0.05, 0) is 42.7 Å². The zero-order valence-corrected chi connectivity index (χ0v) is 14.8. The molecule has 130 valence electrons. The van der Waals surface area contributed by atoms with Gasteiger partial charge >= 0.3 is 0 Å². The molecule has 0 aliphatic carbocycles. The van der Waals surface area contributed by atoms with Crippen LogP contribution in [-0.4, -0.2) is 9.97 Å². The number of anilines is 1. The van der Waals surface area contributed by atoms with Crippen LogP contribution >= 0.6 is 0 Å². The molecule has 0 amide bonds. The van der Waals surface area contributed by atoms with Crippen molar-refractivity contribution in [2.75, 3.05) is 5.73 Å². The Bertz CT molecular complexity index is 1390. The molecule has 4 rings (SSSR count). The van der Waals surface area contributed by atoms with Gasteiger partial charge in [0.05, 0.1) is 0 Å². The molecule has 0 saturated heterocycles. The van der Waals surface area contributed by atoms with E-state index in [-0.39, 0.29) is 22.5 Å². The van der Waals surface area contributed by atoms with Gasteiger partial charge in [0.1, 0.15) is 29.1 Å². The van der Waals surface area contributed by atoms with Crippen molar-refractivity contribution in [3.8, 4) is 23.3 Å². The fourth-order valence-electron chi connectivity index (χ4n) is 3.73. The SMILES string of the molecule is Cc1cc(-c2c(C#N)c(N)[nH]c(=O)c2C#N)c(C)c2c1[nH]c1ccccc12. The molecule has 6 nitrogen and oxygen atoms in total. The van der Waals surface area contributed by atoms with E-state index in [4.69, 9.17) is 5.73 Å². The van der Waals surface area contributed by atoms with Gasteiger partial charge in [0, 0.05) is 27.4 Å². The Hall–Kier alpha value is -4.03. The highest BCUT2D eigenvalue weighted by Crippen LogP contribution is 2.38. The summed E-state index contributed by atoms with van der Waals surface area (Å²) < 4.78 is 0. The molecule has 0 fully saturated rings. The lowest BCUT2D eigenvalue weighted by molar-refractivity contribution is 1.21. The van der Waals surface area contributed by atoms with Crippen molar-refractivity contribution in [3.05, 3.63) is 62.9 Å². The van der Waals surface area contributed by atoms with Crippen LogP contribution in [0.1, 0.15) is 22.3 Å². The quantitative estimate of drug-likeness (QED) is 0.483. The van der Waals surface area contributed by atoms with Crippen LogP contribution in [0.2, 0.25) is 0 Å². The van der Waals surface area contributed by atoms with E-state index >= 15 is 0 Å².